The molecule has 0 aromatic carbocycles. The molecule has 134 valence electrons. The number of carbonyl (C=O) groups is 1. The van der Waals surface area contributed by atoms with E-state index in [1.165, 1.54) is 0 Å². The first-order chi connectivity index (χ1) is 12.0. The molecule has 0 saturated carbocycles. The number of furan rings is 1. The Morgan fingerprint density at radius 1 is 1.16 bits per heavy atom. The minimum atomic E-state index is 0.0428. The molecule has 0 spiro atoms. The fourth-order valence-electron chi connectivity index (χ4n) is 3.10. The number of hydrogen-bond acceptors (Lipinski definition) is 6. The summed E-state index contributed by atoms with van der Waals surface area (Å²) in [7, 11) is 0. The van der Waals surface area contributed by atoms with Gasteiger partial charge in [-0.15, -0.1) is 0 Å². The highest BCUT2D eigenvalue weighted by Gasteiger charge is 2.25. The Morgan fingerprint density at radius 2 is 1.88 bits per heavy atom. The zero-order chi connectivity index (χ0) is 18.0. The van der Waals surface area contributed by atoms with Crippen LogP contribution in [-0.2, 0) is 0 Å². The lowest BCUT2D eigenvalue weighted by Crippen LogP contribution is -2.49. The van der Waals surface area contributed by atoms with Gasteiger partial charge >= 0.3 is 0 Å². The molecule has 3 heterocycles. The summed E-state index contributed by atoms with van der Waals surface area (Å²) in [6.45, 7) is 11.3. The van der Waals surface area contributed by atoms with Crippen molar-refractivity contribution in [3.05, 3.63) is 34.9 Å². The van der Waals surface area contributed by atoms with Crippen LogP contribution >= 0.6 is 0 Å². The van der Waals surface area contributed by atoms with Gasteiger partial charge in [-0.3, -0.25) is 4.79 Å². The third-order valence-corrected chi connectivity index (χ3v) is 4.34. The van der Waals surface area contributed by atoms with Crippen LogP contribution < -0.4 is 10.2 Å². The maximum Gasteiger partial charge on any atom is 0.257 e. The van der Waals surface area contributed by atoms with Crippen LogP contribution in [0.4, 0.5) is 11.8 Å². The molecule has 2 aromatic rings. The van der Waals surface area contributed by atoms with Gasteiger partial charge in [-0.2, -0.15) is 4.98 Å². The lowest BCUT2D eigenvalue weighted by atomic mass is 10.2. The lowest BCUT2D eigenvalue weighted by Gasteiger charge is -2.35. The number of carbonyl (C=O) groups excluding carboxylic acids is 1. The maximum absolute atomic E-state index is 12.7. The lowest BCUT2D eigenvalue weighted by molar-refractivity contribution is 0.0744. The van der Waals surface area contributed by atoms with Crippen molar-refractivity contribution >= 4 is 17.7 Å². The minimum Gasteiger partial charge on any atom is -0.466 e. The Hall–Kier alpha value is -2.57. The predicted octanol–water partition coefficient (Wildman–Crippen LogP) is 2.39. The van der Waals surface area contributed by atoms with Crippen LogP contribution in [0.25, 0.3) is 0 Å². The Kier molecular flexibility index (Phi) is 4.92. The van der Waals surface area contributed by atoms with E-state index in [2.05, 4.69) is 20.2 Å². The van der Waals surface area contributed by atoms with Crippen molar-refractivity contribution < 1.29 is 9.21 Å². The van der Waals surface area contributed by atoms with Crippen molar-refractivity contribution in [3.63, 3.8) is 0 Å². The first-order valence-corrected chi connectivity index (χ1v) is 8.68. The summed E-state index contributed by atoms with van der Waals surface area (Å²) in [6, 6.07) is 3.81. The van der Waals surface area contributed by atoms with E-state index in [1.54, 1.807) is 0 Å². The number of piperazine rings is 1. The smallest absolute Gasteiger partial charge is 0.257 e. The van der Waals surface area contributed by atoms with Crippen LogP contribution in [0.1, 0.15) is 34.5 Å². The zero-order valence-corrected chi connectivity index (χ0v) is 15.3. The molecule has 0 radical (unpaired) electrons. The van der Waals surface area contributed by atoms with Crippen LogP contribution in [-0.4, -0.2) is 53.5 Å². The maximum atomic E-state index is 12.7. The van der Waals surface area contributed by atoms with E-state index in [9.17, 15) is 4.79 Å². The third kappa shape index (κ3) is 3.75. The Morgan fingerprint density at radius 3 is 2.48 bits per heavy atom. The molecule has 0 unspecified atom stereocenters. The van der Waals surface area contributed by atoms with E-state index in [0.29, 0.717) is 30.4 Å². The molecular weight excluding hydrogens is 318 g/mol. The summed E-state index contributed by atoms with van der Waals surface area (Å²) < 4.78 is 5.48. The summed E-state index contributed by atoms with van der Waals surface area (Å²) in [6.07, 6.45) is 0. The number of rotatable bonds is 4. The quantitative estimate of drug-likeness (QED) is 0.919. The van der Waals surface area contributed by atoms with Crippen molar-refractivity contribution in [3.8, 4) is 0 Å². The van der Waals surface area contributed by atoms with Crippen molar-refractivity contribution in [1.29, 1.82) is 0 Å². The molecule has 0 atom stereocenters. The number of anilines is 2. The molecule has 1 aliphatic rings. The molecule has 1 fully saturated rings. The van der Waals surface area contributed by atoms with Crippen LogP contribution in [0.3, 0.4) is 0 Å². The number of nitrogens with one attached hydrogen (secondary N) is 1. The topological polar surface area (TPSA) is 74.5 Å². The average Bonchev–Trinajstić information content (AvgIpc) is 2.92. The second-order valence-electron chi connectivity index (χ2n) is 6.33. The zero-order valence-electron chi connectivity index (χ0n) is 15.3. The number of hydrogen-bond donors (Lipinski definition) is 1. The molecule has 7 heteroatoms. The third-order valence-electron chi connectivity index (χ3n) is 4.34. The highest BCUT2D eigenvalue weighted by molar-refractivity contribution is 5.95. The fraction of sp³-hybridized carbons (Fsp3) is 0.500. The number of aromatic nitrogens is 2. The Bertz CT molecular complexity index is 763. The van der Waals surface area contributed by atoms with Gasteiger partial charge in [-0.1, -0.05) is 0 Å². The fourth-order valence-corrected chi connectivity index (χ4v) is 3.10. The standard InChI is InChI=1S/C18H25N5O2/c1-5-19-18-20-12(2)10-16(21-18)22-6-8-23(9-7-22)17(24)15-11-13(3)25-14(15)4/h10-11H,5-9H2,1-4H3,(H,19,20,21). The highest BCUT2D eigenvalue weighted by Crippen LogP contribution is 2.20. The second kappa shape index (κ2) is 7.13. The van der Waals surface area contributed by atoms with Crippen molar-refractivity contribution in [2.24, 2.45) is 0 Å². The molecule has 2 aromatic heterocycles. The number of nitrogens with zero attached hydrogens (tertiary/aromatic N) is 4. The van der Waals surface area contributed by atoms with Gasteiger partial charge < -0.3 is 19.5 Å². The molecule has 0 bridgehead atoms. The molecular formula is C18H25N5O2. The van der Waals surface area contributed by atoms with Crippen molar-refractivity contribution in [2.75, 3.05) is 42.9 Å². The summed E-state index contributed by atoms with van der Waals surface area (Å²) in [5, 5.41) is 3.16. The minimum absolute atomic E-state index is 0.0428. The highest BCUT2D eigenvalue weighted by atomic mass is 16.3. The Labute approximate surface area is 148 Å². The van der Waals surface area contributed by atoms with Gasteiger partial charge in [0.1, 0.15) is 17.3 Å². The average molecular weight is 343 g/mol. The molecule has 1 aliphatic heterocycles. The van der Waals surface area contributed by atoms with Gasteiger partial charge in [0.05, 0.1) is 5.56 Å². The van der Waals surface area contributed by atoms with Crippen LogP contribution in [0, 0.1) is 20.8 Å². The second-order valence-corrected chi connectivity index (χ2v) is 6.33. The molecule has 1 saturated heterocycles. The van der Waals surface area contributed by atoms with E-state index in [-0.39, 0.29) is 5.91 Å². The van der Waals surface area contributed by atoms with Gasteiger partial charge in [0.2, 0.25) is 5.95 Å². The van der Waals surface area contributed by atoms with E-state index >= 15 is 0 Å². The monoisotopic (exact) mass is 343 g/mol. The Balaban J connectivity index is 1.67. The van der Waals surface area contributed by atoms with E-state index in [0.717, 1.165) is 36.9 Å². The summed E-state index contributed by atoms with van der Waals surface area (Å²) >= 11 is 0. The summed E-state index contributed by atoms with van der Waals surface area (Å²) in [4.78, 5) is 25.7. The van der Waals surface area contributed by atoms with E-state index in [1.807, 2.05) is 44.7 Å². The molecule has 0 aliphatic carbocycles. The predicted molar refractivity (Wildman–Crippen MR) is 97.2 cm³/mol. The van der Waals surface area contributed by atoms with Crippen molar-refractivity contribution in [2.45, 2.75) is 27.7 Å². The SMILES string of the molecule is CCNc1nc(C)cc(N2CCN(C(=O)c3cc(C)oc3C)CC2)n1. The first kappa shape index (κ1) is 17.3. The van der Waals surface area contributed by atoms with E-state index in [4.69, 9.17) is 4.42 Å². The van der Waals surface area contributed by atoms with Gasteiger partial charge in [0.25, 0.3) is 5.91 Å². The summed E-state index contributed by atoms with van der Waals surface area (Å²) in [5.74, 6) is 3.06. The van der Waals surface area contributed by atoms with Crippen LogP contribution in [0.5, 0.6) is 0 Å². The molecule has 7 nitrogen and oxygen atoms in total. The largest absolute Gasteiger partial charge is 0.466 e. The van der Waals surface area contributed by atoms with Crippen LogP contribution in [0.2, 0.25) is 0 Å². The summed E-state index contributed by atoms with van der Waals surface area (Å²) in [5.41, 5.74) is 1.60. The first-order valence-electron chi connectivity index (χ1n) is 8.68. The molecule has 25 heavy (non-hydrogen) atoms. The van der Waals surface area contributed by atoms with Gasteiger partial charge in [-0.25, -0.2) is 4.98 Å². The number of aryl methyl sites for hydroxylation is 3. The normalized spacial score (nSPS) is 14.7. The number of amides is 1. The molecule has 1 N–H and O–H groups in total. The van der Waals surface area contributed by atoms with Crippen molar-refractivity contribution in [1.82, 2.24) is 14.9 Å². The van der Waals surface area contributed by atoms with E-state index < -0.39 is 0 Å². The molecule has 3 rings (SSSR count). The van der Waals surface area contributed by atoms with Gasteiger partial charge in [0, 0.05) is 44.5 Å². The van der Waals surface area contributed by atoms with Gasteiger partial charge in [-0.05, 0) is 33.8 Å². The molecule has 1 amide bonds. The van der Waals surface area contributed by atoms with Crippen LogP contribution in [0.15, 0.2) is 16.5 Å². The van der Waals surface area contributed by atoms with Gasteiger partial charge in [0.15, 0.2) is 0 Å².